The molecule has 0 spiro atoms. The molecule has 0 radical (unpaired) electrons. The van der Waals surface area contributed by atoms with Gasteiger partial charge in [0.25, 0.3) is 0 Å². The molecule has 1 N–H and O–H groups in total. The zero-order valence-corrected chi connectivity index (χ0v) is 17.9. The average Bonchev–Trinajstić information content (AvgIpc) is 2.62. The summed E-state index contributed by atoms with van der Waals surface area (Å²) in [6.45, 7) is 22.0. The Kier molecular flexibility index (Phi) is 19.2. The SMILES string of the molecule is C=C(C)C(=O)O.C=C(C)C(=O)OCCC(C)OC(=O)C(=C)C.C=CC(=O)OCC. The monoisotopic (exact) mass is 412 g/mol. The fourth-order valence-electron chi connectivity index (χ4n) is 0.984. The lowest BCUT2D eigenvalue weighted by atomic mass is 10.3. The highest BCUT2D eigenvalue weighted by Gasteiger charge is 2.11. The van der Waals surface area contributed by atoms with Gasteiger partial charge in [-0.1, -0.05) is 26.3 Å². The Morgan fingerprint density at radius 3 is 1.66 bits per heavy atom. The highest BCUT2D eigenvalue weighted by atomic mass is 16.6. The molecular weight excluding hydrogens is 380 g/mol. The van der Waals surface area contributed by atoms with Gasteiger partial charge in [0, 0.05) is 29.2 Å². The summed E-state index contributed by atoms with van der Waals surface area (Å²) in [6, 6.07) is 0. The predicted octanol–water partition coefficient (Wildman–Crippen LogP) is 3.39. The summed E-state index contributed by atoms with van der Waals surface area (Å²) < 4.78 is 14.3. The lowest BCUT2D eigenvalue weighted by Gasteiger charge is -2.13. The third-order valence-corrected chi connectivity index (χ3v) is 2.58. The van der Waals surface area contributed by atoms with E-state index in [4.69, 9.17) is 14.6 Å². The molecule has 0 saturated heterocycles. The van der Waals surface area contributed by atoms with Gasteiger partial charge >= 0.3 is 23.9 Å². The Morgan fingerprint density at radius 1 is 0.931 bits per heavy atom. The van der Waals surface area contributed by atoms with Gasteiger partial charge in [0.1, 0.15) is 6.10 Å². The van der Waals surface area contributed by atoms with Crippen LogP contribution in [0.25, 0.3) is 0 Å². The molecule has 0 aliphatic carbocycles. The smallest absolute Gasteiger partial charge is 0.333 e. The van der Waals surface area contributed by atoms with Gasteiger partial charge in [-0.3, -0.25) is 0 Å². The summed E-state index contributed by atoms with van der Waals surface area (Å²) in [4.78, 5) is 41.8. The number of carbonyl (C=O) groups excluding carboxylic acids is 3. The van der Waals surface area contributed by atoms with Gasteiger partial charge in [-0.2, -0.15) is 0 Å². The fourth-order valence-corrected chi connectivity index (χ4v) is 0.984. The van der Waals surface area contributed by atoms with E-state index >= 15 is 0 Å². The van der Waals surface area contributed by atoms with Gasteiger partial charge in [-0.05, 0) is 34.6 Å². The van der Waals surface area contributed by atoms with Crippen molar-refractivity contribution >= 4 is 23.9 Å². The van der Waals surface area contributed by atoms with Gasteiger partial charge in [0.05, 0.1) is 13.2 Å². The molecule has 1 unspecified atom stereocenters. The van der Waals surface area contributed by atoms with E-state index < -0.39 is 17.9 Å². The van der Waals surface area contributed by atoms with Crippen molar-refractivity contribution in [1.29, 1.82) is 0 Å². The fraction of sp³-hybridized carbons (Fsp3) is 0.429. The van der Waals surface area contributed by atoms with Crippen molar-refractivity contribution in [3.8, 4) is 0 Å². The molecule has 8 nitrogen and oxygen atoms in total. The van der Waals surface area contributed by atoms with Crippen LogP contribution >= 0.6 is 0 Å². The van der Waals surface area contributed by atoms with Crippen LogP contribution in [0.1, 0.15) is 41.0 Å². The van der Waals surface area contributed by atoms with Crippen LogP contribution in [0.4, 0.5) is 0 Å². The van der Waals surface area contributed by atoms with E-state index in [1.807, 2.05) is 0 Å². The van der Waals surface area contributed by atoms with Crippen molar-refractivity contribution in [1.82, 2.24) is 0 Å². The normalized spacial score (nSPS) is 9.69. The number of hydrogen-bond donors (Lipinski definition) is 1. The first-order chi connectivity index (χ1) is 13.3. The minimum absolute atomic E-state index is 0.176. The van der Waals surface area contributed by atoms with Crippen molar-refractivity contribution in [2.24, 2.45) is 0 Å². The second-order valence-corrected chi connectivity index (χ2v) is 5.74. The minimum Gasteiger partial charge on any atom is -0.478 e. The summed E-state index contributed by atoms with van der Waals surface area (Å²) in [5.41, 5.74) is 0.882. The van der Waals surface area contributed by atoms with Crippen LogP contribution in [0.3, 0.4) is 0 Å². The Hall–Kier alpha value is -3.16. The molecule has 0 aliphatic rings. The Balaban J connectivity index is -0.000000427. The number of hydrogen-bond acceptors (Lipinski definition) is 7. The Morgan fingerprint density at radius 2 is 1.38 bits per heavy atom. The second-order valence-electron chi connectivity index (χ2n) is 5.74. The first kappa shape index (κ1) is 30.6. The molecule has 0 aliphatic heterocycles. The Bertz CT molecular complexity index is 604. The first-order valence-electron chi connectivity index (χ1n) is 8.67. The van der Waals surface area contributed by atoms with Crippen LogP contribution < -0.4 is 0 Å². The van der Waals surface area contributed by atoms with Crippen LogP contribution in [-0.4, -0.2) is 48.3 Å². The van der Waals surface area contributed by atoms with Crippen molar-refractivity contribution < 1.29 is 38.5 Å². The molecule has 0 heterocycles. The standard InChI is InChI=1S/C12H18O4.C5H8O2.C4H6O2/c1-8(2)11(13)15-7-6-10(5)16-12(14)9(3)4;1-3-5(6)7-4-2;1-3(2)4(5)6/h10H,1,3,6-7H2,2,4-5H3;3H,1,4H2,2H3;1H2,2H3,(H,5,6). The topological polar surface area (TPSA) is 116 Å². The number of ether oxygens (including phenoxy) is 3. The van der Waals surface area contributed by atoms with E-state index in [0.717, 1.165) is 6.08 Å². The van der Waals surface area contributed by atoms with Crippen LogP contribution in [-0.2, 0) is 33.4 Å². The van der Waals surface area contributed by atoms with E-state index in [1.165, 1.54) is 6.92 Å². The number of aliphatic carboxylic acids is 1. The zero-order chi connectivity index (χ0) is 23.6. The molecule has 0 aromatic carbocycles. The van der Waals surface area contributed by atoms with E-state index in [2.05, 4.69) is 31.1 Å². The van der Waals surface area contributed by atoms with Crippen molar-refractivity contribution in [3.05, 3.63) is 49.1 Å². The van der Waals surface area contributed by atoms with Crippen LogP contribution in [0, 0.1) is 0 Å². The summed E-state index contributed by atoms with van der Waals surface area (Å²) in [5.74, 6) is -2.16. The average molecular weight is 412 g/mol. The van der Waals surface area contributed by atoms with Gasteiger partial charge in [0.2, 0.25) is 0 Å². The van der Waals surface area contributed by atoms with E-state index in [-0.39, 0.29) is 24.3 Å². The lowest BCUT2D eigenvalue weighted by molar-refractivity contribution is -0.145. The Labute approximate surface area is 172 Å². The molecule has 8 heteroatoms. The molecule has 0 fully saturated rings. The second kappa shape index (κ2) is 18.2. The minimum atomic E-state index is -0.935. The third-order valence-electron chi connectivity index (χ3n) is 2.58. The van der Waals surface area contributed by atoms with E-state index in [0.29, 0.717) is 24.2 Å². The predicted molar refractivity (Wildman–Crippen MR) is 110 cm³/mol. The molecule has 164 valence electrons. The maximum Gasteiger partial charge on any atom is 0.333 e. The summed E-state index contributed by atoms with van der Waals surface area (Å²) >= 11 is 0. The van der Waals surface area contributed by atoms with Gasteiger partial charge < -0.3 is 19.3 Å². The van der Waals surface area contributed by atoms with Crippen molar-refractivity contribution in [2.45, 2.75) is 47.1 Å². The number of carboxylic acids is 1. The van der Waals surface area contributed by atoms with Crippen LogP contribution in [0.15, 0.2) is 49.1 Å². The van der Waals surface area contributed by atoms with E-state index in [1.54, 1.807) is 27.7 Å². The summed E-state index contributed by atoms with van der Waals surface area (Å²) in [6.07, 6.45) is 1.30. The maximum atomic E-state index is 11.1. The molecule has 0 bridgehead atoms. The van der Waals surface area contributed by atoms with Crippen LogP contribution in [0.2, 0.25) is 0 Å². The molecule has 0 amide bonds. The number of carboxylic acid groups (broad SMARTS) is 1. The van der Waals surface area contributed by atoms with E-state index in [9.17, 15) is 19.2 Å². The number of carbonyl (C=O) groups is 4. The van der Waals surface area contributed by atoms with Gasteiger partial charge in [-0.15, -0.1) is 0 Å². The maximum absolute atomic E-state index is 11.1. The molecular formula is C21H32O8. The quantitative estimate of drug-likeness (QED) is 0.348. The number of rotatable bonds is 9. The zero-order valence-electron chi connectivity index (χ0n) is 17.9. The first-order valence-corrected chi connectivity index (χ1v) is 8.67. The van der Waals surface area contributed by atoms with Crippen molar-refractivity contribution in [3.63, 3.8) is 0 Å². The van der Waals surface area contributed by atoms with Gasteiger partial charge in [0.15, 0.2) is 0 Å². The van der Waals surface area contributed by atoms with Gasteiger partial charge in [-0.25, -0.2) is 19.2 Å². The molecule has 0 aromatic heterocycles. The summed E-state index contributed by atoms with van der Waals surface area (Å²) in [5, 5.41) is 7.89. The summed E-state index contributed by atoms with van der Waals surface area (Å²) in [7, 11) is 0. The molecule has 0 saturated carbocycles. The number of esters is 3. The highest BCUT2D eigenvalue weighted by molar-refractivity contribution is 5.87. The largest absolute Gasteiger partial charge is 0.478 e. The highest BCUT2D eigenvalue weighted by Crippen LogP contribution is 2.03. The van der Waals surface area contributed by atoms with Crippen molar-refractivity contribution in [2.75, 3.05) is 13.2 Å². The molecule has 1 atom stereocenters. The molecule has 0 rings (SSSR count). The third kappa shape index (κ3) is 22.8. The lowest BCUT2D eigenvalue weighted by Crippen LogP contribution is -2.18. The molecule has 0 aromatic rings. The molecule has 29 heavy (non-hydrogen) atoms. The van der Waals surface area contributed by atoms with Crippen LogP contribution in [0.5, 0.6) is 0 Å².